The number of hydrogen-bond acceptors (Lipinski definition) is 7. The Bertz CT molecular complexity index is 1290. The minimum atomic E-state index is -0.667. The fraction of sp³-hybridized carbons (Fsp3) is 0.304. The first-order chi connectivity index (χ1) is 15.9. The van der Waals surface area contributed by atoms with Gasteiger partial charge in [-0.1, -0.05) is 31.7 Å². The Balaban J connectivity index is 1.42. The third-order valence-corrected chi connectivity index (χ3v) is 6.12. The van der Waals surface area contributed by atoms with Crippen molar-refractivity contribution in [1.29, 1.82) is 0 Å². The van der Waals surface area contributed by atoms with Crippen molar-refractivity contribution >= 4 is 40.3 Å². The van der Waals surface area contributed by atoms with E-state index in [1.54, 1.807) is 18.2 Å². The summed E-state index contributed by atoms with van der Waals surface area (Å²) >= 11 is 1.11. The van der Waals surface area contributed by atoms with Gasteiger partial charge < -0.3 is 14.8 Å². The maximum Gasteiger partial charge on any atom is 0.325 e. The number of fused-ring (bicyclic) bond motifs is 2. The minimum absolute atomic E-state index is 0.0728. The minimum Gasteiger partial charge on any atom is -0.454 e. The molecule has 0 unspecified atom stereocenters. The van der Waals surface area contributed by atoms with Crippen LogP contribution < -0.4 is 25.7 Å². The van der Waals surface area contributed by atoms with Crippen LogP contribution in [0.3, 0.4) is 0 Å². The van der Waals surface area contributed by atoms with Crippen LogP contribution in [0.25, 0.3) is 10.9 Å². The van der Waals surface area contributed by atoms with Gasteiger partial charge in [0.05, 0.1) is 16.7 Å². The smallest absolute Gasteiger partial charge is 0.325 e. The van der Waals surface area contributed by atoms with E-state index in [9.17, 15) is 14.4 Å². The summed E-state index contributed by atoms with van der Waals surface area (Å²) in [4.78, 5) is 42.1. The summed E-state index contributed by atoms with van der Waals surface area (Å²) in [6.07, 6.45) is 0. The molecule has 0 spiro atoms. The van der Waals surface area contributed by atoms with Crippen LogP contribution >= 0.6 is 11.8 Å². The number of urea groups is 1. The molecule has 3 amide bonds. The van der Waals surface area contributed by atoms with Gasteiger partial charge in [-0.2, -0.15) is 0 Å². The lowest BCUT2D eigenvalue weighted by Gasteiger charge is -2.13. The highest BCUT2D eigenvalue weighted by molar-refractivity contribution is 7.99. The van der Waals surface area contributed by atoms with Crippen LogP contribution in [-0.4, -0.2) is 34.0 Å². The van der Waals surface area contributed by atoms with Crippen molar-refractivity contribution in [2.24, 2.45) is 0 Å². The van der Waals surface area contributed by atoms with Crippen molar-refractivity contribution in [3.05, 3.63) is 52.3 Å². The fourth-order valence-electron chi connectivity index (χ4n) is 3.40. The van der Waals surface area contributed by atoms with Gasteiger partial charge in [-0.05, 0) is 42.7 Å². The SMILES string of the molecule is CCn1c(SCC(=O)NC(=O)Nc2ccc3c(c2)OCO3)nc2ccc(C(C)C)cc2c1=O. The summed E-state index contributed by atoms with van der Waals surface area (Å²) in [5, 5.41) is 5.85. The van der Waals surface area contributed by atoms with Crippen LogP contribution in [0.2, 0.25) is 0 Å². The van der Waals surface area contributed by atoms with E-state index in [4.69, 9.17) is 9.47 Å². The number of imide groups is 1. The molecule has 0 fully saturated rings. The number of ether oxygens (including phenoxy) is 2. The molecule has 0 radical (unpaired) electrons. The number of rotatable bonds is 6. The maximum absolute atomic E-state index is 13.0. The van der Waals surface area contributed by atoms with E-state index < -0.39 is 11.9 Å². The molecule has 172 valence electrons. The molecule has 2 N–H and O–H groups in total. The summed E-state index contributed by atoms with van der Waals surface area (Å²) in [5.41, 5.74) is 1.97. The molecule has 3 aromatic rings. The number of carbonyl (C=O) groups excluding carboxylic acids is 2. The zero-order valence-corrected chi connectivity index (χ0v) is 19.3. The van der Waals surface area contributed by atoms with E-state index in [1.807, 2.05) is 25.1 Å². The predicted octanol–water partition coefficient (Wildman–Crippen LogP) is 3.71. The number of carbonyl (C=O) groups is 2. The monoisotopic (exact) mass is 468 g/mol. The van der Waals surface area contributed by atoms with Gasteiger partial charge in [-0.25, -0.2) is 9.78 Å². The van der Waals surface area contributed by atoms with Crippen molar-refractivity contribution in [3.63, 3.8) is 0 Å². The third kappa shape index (κ3) is 4.95. The maximum atomic E-state index is 13.0. The average molecular weight is 469 g/mol. The first-order valence-electron chi connectivity index (χ1n) is 10.5. The van der Waals surface area contributed by atoms with Gasteiger partial charge in [0.15, 0.2) is 16.7 Å². The highest BCUT2D eigenvalue weighted by atomic mass is 32.2. The van der Waals surface area contributed by atoms with Crippen LogP contribution in [0.5, 0.6) is 11.5 Å². The second-order valence-electron chi connectivity index (χ2n) is 7.73. The molecule has 0 aliphatic carbocycles. The van der Waals surface area contributed by atoms with Crippen molar-refractivity contribution in [3.8, 4) is 11.5 Å². The number of nitrogens with one attached hydrogen (secondary N) is 2. The van der Waals surface area contributed by atoms with Crippen molar-refractivity contribution < 1.29 is 19.1 Å². The Morgan fingerprint density at radius 3 is 2.70 bits per heavy atom. The van der Waals surface area contributed by atoms with E-state index in [0.717, 1.165) is 17.3 Å². The van der Waals surface area contributed by atoms with E-state index >= 15 is 0 Å². The highest BCUT2D eigenvalue weighted by Crippen LogP contribution is 2.34. The molecule has 0 saturated heterocycles. The van der Waals surface area contributed by atoms with Crippen LogP contribution in [-0.2, 0) is 11.3 Å². The molecular formula is C23H24N4O5S. The number of aromatic nitrogens is 2. The normalized spacial score (nSPS) is 12.2. The molecule has 4 rings (SSSR count). The Morgan fingerprint density at radius 1 is 1.15 bits per heavy atom. The topological polar surface area (TPSA) is 112 Å². The summed E-state index contributed by atoms with van der Waals surface area (Å²) in [6.45, 7) is 6.54. The third-order valence-electron chi connectivity index (χ3n) is 5.14. The summed E-state index contributed by atoms with van der Waals surface area (Å²) in [5.74, 6) is 0.834. The molecule has 1 aromatic heterocycles. The number of thioether (sulfide) groups is 1. The van der Waals surface area contributed by atoms with Crippen LogP contribution in [0.4, 0.5) is 10.5 Å². The lowest BCUT2D eigenvalue weighted by atomic mass is 10.0. The molecule has 2 aromatic carbocycles. The molecule has 2 heterocycles. The summed E-state index contributed by atoms with van der Waals surface area (Å²) in [6, 6.07) is 9.94. The zero-order chi connectivity index (χ0) is 23.5. The second-order valence-corrected chi connectivity index (χ2v) is 8.68. The molecule has 0 atom stereocenters. The molecule has 0 saturated carbocycles. The number of hydrogen-bond donors (Lipinski definition) is 2. The van der Waals surface area contributed by atoms with Crippen molar-refractivity contribution in [2.75, 3.05) is 17.9 Å². The number of anilines is 1. The fourth-order valence-corrected chi connectivity index (χ4v) is 4.26. The molecular weight excluding hydrogens is 444 g/mol. The van der Waals surface area contributed by atoms with Gasteiger partial charge in [-0.3, -0.25) is 19.5 Å². The molecule has 10 heteroatoms. The largest absolute Gasteiger partial charge is 0.454 e. The Morgan fingerprint density at radius 2 is 1.94 bits per heavy atom. The Hall–Kier alpha value is -3.53. The number of amides is 3. The Kier molecular flexibility index (Phi) is 6.55. The van der Waals surface area contributed by atoms with Crippen molar-refractivity contribution in [2.45, 2.75) is 38.4 Å². The van der Waals surface area contributed by atoms with E-state index in [-0.39, 0.29) is 18.1 Å². The average Bonchev–Trinajstić information content (AvgIpc) is 3.25. The number of nitrogens with zero attached hydrogens (tertiary/aromatic N) is 2. The lowest BCUT2D eigenvalue weighted by molar-refractivity contribution is -0.117. The number of benzene rings is 2. The Labute approximate surface area is 194 Å². The predicted molar refractivity (Wildman–Crippen MR) is 126 cm³/mol. The second kappa shape index (κ2) is 9.53. The van der Waals surface area contributed by atoms with Gasteiger partial charge >= 0.3 is 6.03 Å². The summed E-state index contributed by atoms with van der Waals surface area (Å²) < 4.78 is 12.0. The van der Waals surface area contributed by atoms with Gasteiger partial charge in [0.1, 0.15) is 0 Å². The first-order valence-corrected chi connectivity index (χ1v) is 11.5. The molecule has 0 bridgehead atoms. The lowest BCUT2D eigenvalue weighted by Crippen LogP contribution is -2.35. The first kappa shape index (κ1) is 22.7. The van der Waals surface area contributed by atoms with Crippen molar-refractivity contribution in [1.82, 2.24) is 14.9 Å². The van der Waals surface area contributed by atoms with Crippen LogP contribution in [0.1, 0.15) is 32.3 Å². The molecule has 33 heavy (non-hydrogen) atoms. The van der Waals surface area contributed by atoms with Crippen LogP contribution in [0, 0.1) is 0 Å². The zero-order valence-electron chi connectivity index (χ0n) is 18.5. The van der Waals surface area contributed by atoms with E-state index in [0.29, 0.717) is 45.7 Å². The standard InChI is InChI=1S/C23H24N4O5S/c1-4-27-21(29)16-9-14(13(2)3)5-7-17(16)25-23(27)33-11-20(28)26-22(30)24-15-6-8-18-19(10-15)32-12-31-18/h5-10,13H,4,11-12H2,1-3H3,(H2,24,26,28,30). The summed E-state index contributed by atoms with van der Waals surface area (Å²) in [7, 11) is 0. The molecule has 1 aliphatic rings. The molecule has 1 aliphatic heterocycles. The molecule has 9 nitrogen and oxygen atoms in total. The van der Waals surface area contributed by atoms with Gasteiger partial charge in [0.2, 0.25) is 12.7 Å². The van der Waals surface area contributed by atoms with Crippen LogP contribution in [0.15, 0.2) is 46.3 Å². The van der Waals surface area contributed by atoms with Gasteiger partial charge in [0.25, 0.3) is 5.56 Å². The van der Waals surface area contributed by atoms with Gasteiger partial charge in [-0.15, -0.1) is 0 Å². The van der Waals surface area contributed by atoms with E-state index in [2.05, 4.69) is 29.5 Å². The quantitative estimate of drug-likeness (QED) is 0.419. The van der Waals surface area contributed by atoms with E-state index in [1.165, 1.54) is 4.57 Å². The van der Waals surface area contributed by atoms with Gasteiger partial charge in [0, 0.05) is 18.3 Å². The highest BCUT2D eigenvalue weighted by Gasteiger charge is 2.17.